The number of carbonyl (C=O) groups excluding carboxylic acids is 1. The quantitative estimate of drug-likeness (QED) is 0.535. The second-order valence-electron chi connectivity index (χ2n) is 8.64. The third kappa shape index (κ3) is 2.75. The van der Waals surface area contributed by atoms with Crippen molar-refractivity contribution in [3.05, 3.63) is 23.8 Å². The number of rotatable bonds is 4. The predicted octanol–water partition coefficient (Wildman–Crippen LogP) is 5.02. The van der Waals surface area contributed by atoms with Crippen LogP contribution in [0.4, 0.5) is 0 Å². The van der Waals surface area contributed by atoms with E-state index in [0.717, 1.165) is 18.4 Å². The van der Waals surface area contributed by atoms with Gasteiger partial charge in [0.15, 0.2) is 0 Å². The van der Waals surface area contributed by atoms with Crippen molar-refractivity contribution in [1.82, 2.24) is 0 Å². The van der Waals surface area contributed by atoms with E-state index in [4.69, 9.17) is 9.47 Å². The van der Waals surface area contributed by atoms with E-state index in [1.54, 1.807) is 13.2 Å². The Labute approximate surface area is 146 Å². The van der Waals surface area contributed by atoms with Crippen molar-refractivity contribution in [2.75, 3.05) is 7.11 Å². The largest absolute Gasteiger partial charge is 0.428 e. The number of hydrogen-bond donors (Lipinski definition) is 0. The Balaban J connectivity index is 1.80. The molecule has 134 valence electrons. The first-order chi connectivity index (χ1) is 11.3. The minimum absolute atomic E-state index is 0.269. The molecule has 0 amide bonds. The van der Waals surface area contributed by atoms with E-state index in [1.165, 1.54) is 37.7 Å². The zero-order valence-corrected chi connectivity index (χ0v) is 15.7. The van der Waals surface area contributed by atoms with Gasteiger partial charge in [-0.15, -0.1) is 0 Å². The van der Waals surface area contributed by atoms with Crippen LogP contribution in [0.25, 0.3) is 0 Å². The third-order valence-electron chi connectivity index (χ3n) is 7.56. The predicted molar refractivity (Wildman–Crippen MR) is 95.3 cm³/mol. The summed E-state index contributed by atoms with van der Waals surface area (Å²) >= 11 is 0. The normalized spacial score (nSPS) is 42.5. The average Bonchev–Trinajstić information content (AvgIpc) is 2.92. The summed E-state index contributed by atoms with van der Waals surface area (Å²) in [4.78, 5) is 11.5. The molecule has 3 rings (SSSR count). The second-order valence-corrected chi connectivity index (χ2v) is 8.64. The first kappa shape index (κ1) is 17.7. The van der Waals surface area contributed by atoms with Gasteiger partial charge in [0.2, 0.25) is 6.29 Å². The van der Waals surface area contributed by atoms with Crippen LogP contribution in [0, 0.1) is 22.7 Å². The van der Waals surface area contributed by atoms with Crippen molar-refractivity contribution in [3.8, 4) is 0 Å². The van der Waals surface area contributed by atoms with Crippen LogP contribution >= 0.6 is 0 Å². The first-order valence-corrected chi connectivity index (χ1v) is 9.43. The SMILES string of the molecule is C=C1CCC[C@@H]2[C@@](C)(CCC3=CC(=O)O[C@H]3OC)[C@H](C)CC[C@@]12C. The summed E-state index contributed by atoms with van der Waals surface area (Å²) in [5.41, 5.74) is 3.03. The molecule has 2 saturated carbocycles. The molecule has 24 heavy (non-hydrogen) atoms. The van der Waals surface area contributed by atoms with Gasteiger partial charge in [-0.1, -0.05) is 32.9 Å². The Morgan fingerprint density at radius 1 is 1.38 bits per heavy atom. The molecule has 0 aromatic carbocycles. The smallest absolute Gasteiger partial charge is 0.333 e. The van der Waals surface area contributed by atoms with Crippen molar-refractivity contribution >= 4 is 5.97 Å². The molecule has 0 N–H and O–H groups in total. The number of ether oxygens (including phenoxy) is 2. The highest BCUT2D eigenvalue weighted by Gasteiger charge is 2.53. The standard InChI is InChI=1S/C21H32O3/c1-14-7-6-8-17-20(14,3)11-9-15(2)21(17,4)12-10-16-13-18(22)24-19(16)23-5/h13,15,17,19H,1,6-12H2,2-5H3/t15-,17+,19-,20+,21+/m1/s1. The van der Waals surface area contributed by atoms with Crippen LogP contribution in [-0.2, 0) is 14.3 Å². The molecule has 0 aromatic rings. The van der Waals surface area contributed by atoms with Gasteiger partial charge in [0.25, 0.3) is 0 Å². The van der Waals surface area contributed by atoms with E-state index in [0.29, 0.717) is 11.8 Å². The number of methoxy groups -OCH3 is 1. The minimum Gasteiger partial charge on any atom is -0.428 e. The summed E-state index contributed by atoms with van der Waals surface area (Å²) in [7, 11) is 1.60. The van der Waals surface area contributed by atoms with Crippen LogP contribution in [0.1, 0.15) is 65.7 Å². The van der Waals surface area contributed by atoms with Crippen LogP contribution in [0.2, 0.25) is 0 Å². The number of fused-ring (bicyclic) bond motifs is 1. The Hall–Kier alpha value is -1.09. The molecule has 0 spiro atoms. The van der Waals surface area contributed by atoms with Crippen LogP contribution in [-0.4, -0.2) is 19.4 Å². The fourth-order valence-electron chi connectivity index (χ4n) is 5.63. The highest BCUT2D eigenvalue weighted by molar-refractivity contribution is 5.85. The Kier molecular flexibility index (Phi) is 4.67. The maximum Gasteiger partial charge on any atom is 0.333 e. The molecule has 0 aromatic heterocycles. The number of hydrogen-bond acceptors (Lipinski definition) is 3. The number of carbonyl (C=O) groups is 1. The summed E-state index contributed by atoms with van der Waals surface area (Å²) in [6.07, 6.45) is 9.43. The van der Waals surface area contributed by atoms with Crippen molar-refractivity contribution in [2.45, 2.75) is 72.0 Å². The van der Waals surface area contributed by atoms with Gasteiger partial charge < -0.3 is 9.47 Å². The van der Waals surface area contributed by atoms with Gasteiger partial charge in [0, 0.05) is 18.8 Å². The lowest BCUT2D eigenvalue weighted by molar-refractivity contribution is -0.155. The highest BCUT2D eigenvalue weighted by atomic mass is 16.7. The van der Waals surface area contributed by atoms with E-state index >= 15 is 0 Å². The fraction of sp³-hybridized carbons (Fsp3) is 0.762. The van der Waals surface area contributed by atoms with Crippen LogP contribution in [0.5, 0.6) is 0 Å². The van der Waals surface area contributed by atoms with E-state index in [9.17, 15) is 4.79 Å². The number of esters is 1. The van der Waals surface area contributed by atoms with Crippen LogP contribution < -0.4 is 0 Å². The molecule has 1 aliphatic heterocycles. The molecule has 0 bridgehead atoms. The third-order valence-corrected chi connectivity index (χ3v) is 7.56. The van der Waals surface area contributed by atoms with Crippen LogP contribution in [0.15, 0.2) is 23.8 Å². The molecule has 0 unspecified atom stereocenters. The maximum atomic E-state index is 11.5. The molecular formula is C21H32O3. The zero-order valence-electron chi connectivity index (χ0n) is 15.7. The lowest BCUT2D eigenvalue weighted by atomic mass is 9.46. The first-order valence-electron chi connectivity index (χ1n) is 9.43. The summed E-state index contributed by atoms with van der Waals surface area (Å²) in [5.74, 6) is 1.12. The van der Waals surface area contributed by atoms with Gasteiger partial charge in [-0.2, -0.15) is 0 Å². The van der Waals surface area contributed by atoms with Gasteiger partial charge in [0.1, 0.15) is 0 Å². The molecule has 2 fully saturated rings. The fourth-order valence-corrected chi connectivity index (χ4v) is 5.63. The van der Waals surface area contributed by atoms with Crippen molar-refractivity contribution in [2.24, 2.45) is 22.7 Å². The van der Waals surface area contributed by atoms with Crippen LogP contribution in [0.3, 0.4) is 0 Å². The van der Waals surface area contributed by atoms with Gasteiger partial charge >= 0.3 is 5.97 Å². The average molecular weight is 332 g/mol. The molecule has 3 aliphatic rings. The monoisotopic (exact) mass is 332 g/mol. The zero-order chi connectivity index (χ0) is 17.5. The van der Waals surface area contributed by atoms with Crippen molar-refractivity contribution in [1.29, 1.82) is 0 Å². The molecule has 5 atom stereocenters. The van der Waals surface area contributed by atoms with Gasteiger partial charge in [-0.3, -0.25) is 0 Å². The summed E-state index contributed by atoms with van der Waals surface area (Å²) in [6.45, 7) is 11.8. The lowest BCUT2D eigenvalue weighted by Crippen LogP contribution is -2.50. The minimum atomic E-state index is -0.479. The van der Waals surface area contributed by atoms with E-state index in [1.807, 2.05) is 0 Å². The Morgan fingerprint density at radius 3 is 2.83 bits per heavy atom. The highest BCUT2D eigenvalue weighted by Crippen LogP contribution is 2.62. The summed E-state index contributed by atoms with van der Waals surface area (Å²) < 4.78 is 10.5. The molecule has 0 radical (unpaired) electrons. The molecule has 3 nitrogen and oxygen atoms in total. The summed E-state index contributed by atoms with van der Waals surface area (Å²) in [6, 6.07) is 0. The molecule has 2 aliphatic carbocycles. The second kappa shape index (κ2) is 6.33. The Morgan fingerprint density at radius 2 is 2.12 bits per heavy atom. The maximum absolute atomic E-state index is 11.5. The van der Waals surface area contributed by atoms with Gasteiger partial charge in [0.05, 0.1) is 0 Å². The molecule has 0 saturated heterocycles. The molecular weight excluding hydrogens is 300 g/mol. The van der Waals surface area contributed by atoms with E-state index < -0.39 is 6.29 Å². The van der Waals surface area contributed by atoms with Crippen molar-refractivity contribution < 1.29 is 14.3 Å². The summed E-state index contributed by atoms with van der Waals surface area (Å²) in [5, 5.41) is 0. The number of cyclic esters (lactones) is 1. The number of allylic oxidation sites excluding steroid dienone is 1. The van der Waals surface area contributed by atoms with Gasteiger partial charge in [-0.05, 0) is 67.6 Å². The van der Waals surface area contributed by atoms with Gasteiger partial charge in [-0.25, -0.2) is 4.79 Å². The van der Waals surface area contributed by atoms with Crippen molar-refractivity contribution in [3.63, 3.8) is 0 Å². The van der Waals surface area contributed by atoms with E-state index in [2.05, 4.69) is 27.4 Å². The van der Waals surface area contributed by atoms with E-state index in [-0.39, 0.29) is 16.8 Å². The molecule has 3 heteroatoms. The topological polar surface area (TPSA) is 35.5 Å². The Bertz CT molecular complexity index is 563. The molecule has 1 heterocycles. The lowest BCUT2D eigenvalue weighted by Gasteiger charge is -2.59.